The molecule has 0 radical (unpaired) electrons. The Bertz CT molecular complexity index is 906. The minimum absolute atomic E-state index is 0.362. The first-order valence-electron chi connectivity index (χ1n) is 10.4. The first kappa shape index (κ1) is 21.7. The average Bonchev–Trinajstić information content (AvgIpc) is 3.22. The Hall–Kier alpha value is -3.03. The van der Waals surface area contributed by atoms with Crippen LogP contribution in [0.2, 0.25) is 0 Å². The summed E-state index contributed by atoms with van der Waals surface area (Å²) in [5.74, 6) is 1.46. The molecule has 1 N–H and O–H groups in total. The molecule has 1 atom stereocenters. The van der Waals surface area contributed by atoms with Gasteiger partial charge in [0.25, 0.3) is 0 Å². The third kappa shape index (κ3) is 4.58. The number of benzene rings is 1. The molecule has 1 aromatic carbocycles. The van der Waals surface area contributed by atoms with E-state index in [0.717, 1.165) is 24.8 Å². The number of rotatable bonds is 10. The van der Waals surface area contributed by atoms with Gasteiger partial charge >= 0.3 is 5.97 Å². The summed E-state index contributed by atoms with van der Waals surface area (Å²) in [4.78, 5) is 17.3. The van der Waals surface area contributed by atoms with Gasteiger partial charge in [-0.3, -0.25) is 0 Å². The molecule has 0 unspecified atom stereocenters. The van der Waals surface area contributed by atoms with Crippen LogP contribution in [0, 0.1) is 0 Å². The zero-order valence-electron chi connectivity index (χ0n) is 18.1. The van der Waals surface area contributed by atoms with E-state index in [9.17, 15) is 4.79 Å². The summed E-state index contributed by atoms with van der Waals surface area (Å²) < 4.78 is 18.2. The van der Waals surface area contributed by atoms with Gasteiger partial charge in [-0.15, -0.1) is 0 Å². The number of esters is 1. The van der Waals surface area contributed by atoms with Gasteiger partial charge in [-0.1, -0.05) is 32.6 Å². The van der Waals surface area contributed by atoms with Crippen molar-refractivity contribution in [2.24, 2.45) is 0 Å². The number of allylic oxidation sites excluding steroid dienone is 1. The van der Waals surface area contributed by atoms with Crippen molar-refractivity contribution in [1.29, 1.82) is 0 Å². The highest BCUT2D eigenvalue weighted by molar-refractivity contribution is 5.92. The van der Waals surface area contributed by atoms with Gasteiger partial charge in [0, 0.05) is 17.3 Å². The third-order valence-electron chi connectivity index (χ3n) is 5.23. The Morgan fingerprint density at radius 2 is 1.97 bits per heavy atom. The number of hydrogen-bond acceptors (Lipinski definition) is 7. The lowest BCUT2D eigenvalue weighted by Crippen LogP contribution is -2.30. The number of nitrogens with zero attached hydrogens (tertiary/aromatic N) is 3. The lowest BCUT2D eigenvalue weighted by molar-refractivity contribution is -0.139. The number of hydrogen-bond donors (Lipinski definition) is 1. The second-order valence-corrected chi connectivity index (χ2v) is 7.25. The molecule has 0 spiro atoms. The van der Waals surface area contributed by atoms with Crippen LogP contribution in [0.1, 0.15) is 57.6 Å². The molecule has 8 heteroatoms. The van der Waals surface area contributed by atoms with E-state index < -0.39 is 6.04 Å². The van der Waals surface area contributed by atoms with E-state index in [4.69, 9.17) is 14.2 Å². The summed E-state index contributed by atoms with van der Waals surface area (Å²) in [5, 5.41) is 7.50. The van der Waals surface area contributed by atoms with E-state index in [1.54, 1.807) is 25.0 Å². The number of carbonyl (C=O) groups excluding carboxylic acids is 1. The van der Waals surface area contributed by atoms with Crippen LogP contribution in [-0.2, 0) is 9.53 Å². The summed E-state index contributed by atoms with van der Waals surface area (Å²) in [5.41, 5.74) is 1.96. The fourth-order valence-electron chi connectivity index (χ4n) is 3.64. The quantitative estimate of drug-likeness (QED) is 0.463. The van der Waals surface area contributed by atoms with E-state index in [1.165, 1.54) is 19.2 Å². The Labute approximate surface area is 177 Å². The van der Waals surface area contributed by atoms with Crippen LogP contribution < -0.4 is 14.8 Å². The number of fused-ring (bicyclic) bond motifs is 1. The SMILES string of the molecule is CCCCCCCOC(=O)C1=C(C)Nc2ncnn2[C@@H]1c1ccc(OC)cc1OC. The molecule has 8 nitrogen and oxygen atoms in total. The Kier molecular flexibility index (Phi) is 7.32. The van der Waals surface area contributed by atoms with E-state index in [2.05, 4.69) is 22.3 Å². The van der Waals surface area contributed by atoms with Crippen molar-refractivity contribution < 1.29 is 19.0 Å². The van der Waals surface area contributed by atoms with Gasteiger partial charge in [0.1, 0.15) is 23.9 Å². The van der Waals surface area contributed by atoms with E-state index >= 15 is 0 Å². The number of unbranched alkanes of at least 4 members (excludes halogenated alkanes) is 4. The normalized spacial score (nSPS) is 15.4. The number of carbonyl (C=O) groups is 1. The second kappa shape index (κ2) is 10.1. The van der Waals surface area contributed by atoms with Crippen molar-refractivity contribution in [1.82, 2.24) is 14.8 Å². The lowest BCUT2D eigenvalue weighted by Gasteiger charge is -2.29. The highest BCUT2D eigenvalue weighted by Gasteiger charge is 2.36. The number of methoxy groups -OCH3 is 2. The van der Waals surface area contributed by atoms with Crippen LogP contribution in [-0.4, -0.2) is 41.6 Å². The summed E-state index contributed by atoms with van der Waals surface area (Å²) in [6.07, 6.45) is 6.92. The highest BCUT2D eigenvalue weighted by Crippen LogP contribution is 2.40. The summed E-state index contributed by atoms with van der Waals surface area (Å²) in [6.45, 7) is 4.42. The van der Waals surface area contributed by atoms with Crippen molar-refractivity contribution in [3.05, 3.63) is 41.4 Å². The predicted octanol–water partition coefficient (Wildman–Crippen LogP) is 4.10. The standard InChI is InChI=1S/C22H30N4O4/c1-5-6-7-8-9-12-30-21(27)19-15(2)25-22-23-14-24-26(22)20(19)17-11-10-16(28-3)13-18(17)29-4/h10-11,13-14,20H,5-9,12H2,1-4H3,(H,23,24,25)/t20-/m1/s1. The van der Waals surface area contributed by atoms with Gasteiger partial charge in [-0.2, -0.15) is 10.1 Å². The molecular formula is C22H30N4O4. The molecule has 0 saturated heterocycles. The average molecular weight is 415 g/mol. The molecule has 2 heterocycles. The van der Waals surface area contributed by atoms with Crippen LogP contribution in [0.5, 0.6) is 11.5 Å². The van der Waals surface area contributed by atoms with Crippen LogP contribution in [0.15, 0.2) is 35.8 Å². The molecule has 30 heavy (non-hydrogen) atoms. The van der Waals surface area contributed by atoms with E-state index in [-0.39, 0.29) is 5.97 Å². The maximum atomic E-state index is 13.1. The summed E-state index contributed by atoms with van der Waals surface area (Å²) >= 11 is 0. The molecule has 0 amide bonds. The van der Waals surface area contributed by atoms with Crippen molar-refractivity contribution in [2.45, 2.75) is 52.0 Å². The molecule has 0 fully saturated rings. The topological polar surface area (TPSA) is 87.5 Å². The van der Waals surface area contributed by atoms with Crippen molar-refractivity contribution >= 4 is 11.9 Å². The molecule has 0 aliphatic carbocycles. The van der Waals surface area contributed by atoms with Crippen LogP contribution >= 0.6 is 0 Å². The number of nitrogens with one attached hydrogen (secondary N) is 1. The van der Waals surface area contributed by atoms with Gasteiger partial charge < -0.3 is 19.5 Å². The number of aromatic nitrogens is 3. The number of anilines is 1. The Morgan fingerprint density at radius 3 is 2.70 bits per heavy atom. The van der Waals surface area contributed by atoms with Crippen LogP contribution in [0.4, 0.5) is 5.95 Å². The van der Waals surface area contributed by atoms with Gasteiger partial charge in [0.05, 0.1) is 26.4 Å². The van der Waals surface area contributed by atoms with Gasteiger partial charge in [-0.25, -0.2) is 9.48 Å². The molecule has 1 aliphatic heterocycles. The molecule has 0 bridgehead atoms. The smallest absolute Gasteiger partial charge is 0.338 e. The predicted molar refractivity (Wildman–Crippen MR) is 114 cm³/mol. The van der Waals surface area contributed by atoms with E-state index in [0.29, 0.717) is 35.3 Å². The fraction of sp³-hybridized carbons (Fsp3) is 0.500. The van der Waals surface area contributed by atoms with Crippen molar-refractivity contribution in [2.75, 3.05) is 26.1 Å². The largest absolute Gasteiger partial charge is 0.497 e. The summed E-state index contributed by atoms with van der Waals surface area (Å²) in [7, 11) is 3.19. The zero-order chi connectivity index (χ0) is 21.5. The van der Waals surface area contributed by atoms with Crippen LogP contribution in [0.3, 0.4) is 0 Å². The second-order valence-electron chi connectivity index (χ2n) is 7.25. The van der Waals surface area contributed by atoms with Crippen molar-refractivity contribution in [3.8, 4) is 11.5 Å². The molecular weight excluding hydrogens is 384 g/mol. The van der Waals surface area contributed by atoms with Gasteiger partial charge in [-0.05, 0) is 25.5 Å². The molecule has 162 valence electrons. The fourth-order valence-corrected chi connectivity index (χ4v) is 3.64. The minimum Gasteiger partial charge on any atom is -0.497 e. The van der Waals surface area contributed by atoms with Crippen molar-refractivity contribution in [3.63, 3.8) is 0 Å². The Balaban J connectivity index is 1.88. The molecule has 1 aromatic heterocycles. The molecule has 0 saturated carbocycles. The number of ether oxygens (including phenoxy) is 3. The van der Waals surface area contributed by atoms with Gasteiger partial charge in [0.2, 0.25) is 5.95 Å². The zero-order valence-corrected chi connectivity index (χ0v) is 18.1. The maximum absolute atomic E-state index is 13.1. The molecule has 1 aliphatic rings. The summed E-state index contributed by atoms with van der Waals surface area (Å²) in [6, 6.07) is 4.99. The first-order chi connectivity index (χ1) is 14.6. The Morgan fingerprint density at radius 1 is 1.17 bits per heavy atom. The van der Waals surface area contributed by atoms with Crippen LogP contribution in [0.25, 0.3) is 0 Å². The lowest BCUT2D eigenvalue weighted by atomic mass is 9.95. The molecule has 2 aromatic rings. The maximum Gasteiger partial charge on any atom is 0.338 e. The third-order valence-corrected chi connectivity index (χ3v) is 5.23. The monoisotopic (exact) mass is 414 g/mol. The first-order valence-corrected chi connectivity index (χ1v) is 10.4. The molecule has 3 rings (SSSR count). The minimum atomic E-state index is -0.516. The van der Waals surface area contributed by atoms with E-state index in [1.807, 2.05) is 19.1 Å². The van der Waals surface area contributed by atoms with Gasteiger partial charge in [0.15, 0.2) is 0 Å². The highest BCUT2D eigenvalue weighted by atomic mass is 16.5.